The average molecular weight is 882 g/mol. The van der Waals surface area contributed by atoms with Gasteiger partial charge >= 0.3 is 21.1 Å². The molecular weight excluding hydrogens is 832 g/mol. The van der Waals surface area contributed by atoms with Crippen molar-refractivity contribution in [2.24, 2.45) is 0 Å². The van der Waals surface area contributed by atoms with E-state index >= 15 is 0 Å². The van der Waals surface area contributed by atoms with Crippen LogP contribution in [-0.2, 0) is 37.3 Å². The summed E-state index contributed by atoms with van der Waals surface area (Å²) < 4.78 is 10.9. The molecule has 3 heterocycles. The van der Waals surface area contributed by atoms with Crippen molar-refractivity contribution in [2.45, 2.75) is 99.3 Å². The molecule has 0 aliphatic carbocycles. The molecule has 0 spiro atoms. The largest absolute Gasteiger partial charge is 2.00 e. The Kier molecular flexibility index (Phi) is 9.92. The average Bonchev–Trinajstić information content (AvgIpc) is 3.61. The quantitative estimate of drug-likeness (QED) is 0.162. The molecular formula is C47H50N4OPt. The van der Waals surface area contributed by atoms with E-state index in [-0.39, 0.29) is 37.3 Å². The molecule has 0 radical (unpaired) electrons. The molecule has 0 fully saturated rings. The van der Waals surface area contributed by atoms with Gasteiger partial charge in [-0.1, -0.05) is 104 Å². The molecule has 274 valence electrons. The van der Waals surface area contributed by atoms with Gasteiger partial charge in [0, 0.05) is 39.6 Å². The first-order chi connectivity index (χ1) is 24.4. The summed E-state index contributed by atoms with van der Waals surface area (Å²) in [4.78, 5) is 4.83. The predicted molar refractivity (Wildman–Crippen MR) is 216 cm³/mol. The zero-order valence-electron chi connectivity index (χ0n) is 33.1. The van der Waals surface area contributed by atoms with Gasteiger partial charge in [-0.25, -0.2) is 4.98 Å². The Morgan fingerprint density at radius 3 is 1.98 bits per heavy atom. The first-order valence-corrected chi connectivity index (χ1v) is 18.3. The zero-order chi connectivity index (χ0) is 37.3. The molecule has 7 aromatic rings. The Bertz CT molecular complexity index is 2460. The fraction of sp³-hybridized carbons (Fsp3) is 0.319. The molecule has 0 saturated heterocycles. The van der Waals surface area contributed by atoms with Crippen LogP contribution in [0.2, 0.25) is 0 Å². The predicted octanol–water partition coefficient (Wildman–Crippen LogP) is 12.2. The Hall–Kier alpha value is -4.47. The van der Waals surface area contributed by atoms with Crippen LogP contribution in [0.5, 0.6) is 11.5 Å². The minimum atomic E-state index is -0.217. The number of fused-ring (bicyclic) bond motifs is 3. The minimum absolute atomic E-state index is 0. The molecule has 3 aromatic heterocycles. The number of hydrogen-bond acceptors (Lipinski definition) is 3. The van der Waals surface area contributed by atoms with Crippen molar-refractivity contribution in [1.29, 1.82) is 0 Å². The maximum atomic E-state index is 6.59. The van der Waals surface area contributed by atoms with Gasteiger partial charge < -0.3 is 9.30 Å². The SMILES string of the molecule is Cc1cc(C)c(-c2c(C(C)(C)C)nn(-c3[c-]c(Oc4[c-]c5c(cc4)c4ccccc4n5-c4cc(C(C)(C)C)ccn4)ccc3)c2C(C)(C)C)c(C)c1.[Pt+2]. The van der Waals surface area contributed by atoms with Crippen molar-refractivity contribution in [2.75, 3.05) is 0 Å². The summed E-state index contributed by atoms with van der Waals surface area (Å²) in [7, 11) is 0. The van der Waals surface area contributed by atoms with E-state index < -0.39 is 0 Å². The molecule has 0 amide bonds. The van der Waals surface area contributed by atoms with Crippen molar-refractivity contribution >= 4 is 21.8 Å². The fourth-order valence-corrected chi connectivity index (χ4v) is 7.54. The Balaban J connectivity index is 0.00000481. The van der Waals surface area contributed by atoms with E-state index in [0.29, 0.717) is 11.5 Å². The first-order valence-electron chi connectivity index (χ1n) is 18.3. The molecule has 6 heteroatoms. The maximum absolute atomic E-state index is 6.59. The molecule has 0 atom stereocenters. The summed E-state index contributed by atoms with van der Waals surface area (Å²) in [6.07, 6.45) is 1.90. The Labute approximate surface area is 329 Å². The third-order valence-electron chi connectivity index (χ3n) is 9.83. The topological polar surface area (TPSA) is 44.9 Å². The number of hydrogen-bond donors (Lipinski definition) is 0. The number of ether oxygens (including phenoxy) is 1. The van der Waals surface area contributed by atoms with E-state index in [0.717, 1.165) is 44.7 Å². The monoisotopic (exact) mass is 881 g/mol. The fourth-order valence-electron chi connectivity index (χ4n) is 7.54. The molecule has 0 unspecified atom stereocenters. The number of nitrogens with zero attached hydrogens (tertiary/aromatic N) is 4. The number of benzene rings is 4. The van der Waals surface area contributed by atoms with E-state index in [1.165, 1.54) is 33.4 Å². The summed E-state index contributed by atoms with van der Waals surface area (Å²) in [6, 6.07) is 34.6. The zero-order valence-corrected chi connectivity index (χ0v) is 35.4. The first kappa shape index (κ1) is 38.3. The molecule has 0 saturated carbocycles. The van der Waals surface area contributed by atoms with Crippen LogP contribution in [0.3, 0.4) is 0 Å². The number of para-hydroxylation sites is 1. The molecule has 53 heavy (non-hydrogen) atoms. The second kappa shape index (κ2) is 13.7. The van der Waals surface area contributed by atoms with E-state index in [2.05, 4.69) is 165 Å². The van der Waals surface area contributed by atoms with Crippen LogP contribution >= 0.6 is 0 Å². The Morgan fingerprint density at radius 2 is 1.32 bits per heavy atom. The van der Waals surface area contributed by atoms with Crippen LogP contribution in [-0.4, -0.2) is 19.3 Å². The van der Waals surface area contributed by atoms with E-state index in [9.17, 15) is 0 Å². The number of pyridine rings is 1. The van der Waals surface area contributed by atoms with Crippen LogP contribution in [0.1, 0.15) is 96.0 Å². The third kappa shape index (κ3) is 7.13. The molecule has 0 N–H and O–H groups in total. The standard InChI is InChI=1S/C47H50N4O.Pt/c1-29-24-30(2)41(31(3)25-29)42-43(46(7,8)9)49-51(44(42)47(10,11)12)33-16-15-17-34(27-33)52-35-20-21-37-36-18-13-14-19-38(36)50(39(37)28-35)40-26-32(22-23-48-40)45(4,5)6;/h13-26H,1-12H3;/q-2;+2. The summed E-state index contributed by atoms with van der Waals surface area (Å²) in [6.45, 7) is 26.8. The van der Waals surface area contributed by atoms with Crippen LogP contribution in [0, 0.1) is 32.9 Å². The molecule has 0 bridgehead atoms. The summed E-state index contributed by atoms with van der Waals surface area (Å²) in [5, 5.41) is 7.64. The van der Waals surface area contributed by atoms with Gasteiger partial charge in [0.25, 0.3) is 0 Å². The number of rotatable bonds is 5. The molecule has 0 aliphatic heterocycles. The van der Waals surface area contributed by atoms with Gasteiger partial charge in [0.05, 0.1) is 11.4 Å². The smallest absolute Gasteiger partial charge is 0.509 e. The third-order valence-corrected chi connectivity index (χ3v) is 9.83. The van der Waals surface area contributed by atoms with Gasteiger partial charge in [0.1, 0.15) is 5.82 Å². The second-order valence-electron chi connectivity index (χ2n) is 17.4. The summed E-state index contributed by atoms with van der Waals surface area (Å²) in [5.41, 5.74) is 12.1. The van der Waals surface area contributed by atoms with Crippen molar-refractivity contribution < 1.29 is 25.8 Å². The second-order valence-corrected chi connectivity index (χ2v) is 17.4. The number of aryl methyl sites for hydroxylation is 3. The molecule has 0 aliphatic rings. The van der Waals surface area contributed by atoms with Gasteiger partial charge in [-0.2, -0.15) is 17.2 Å². The van der Waals surface area contributed by atoms with E-state index in [4.69, 9.17) is 14.8 Å². The van der Waals surface area contributed by atoms with Crippen molar-refractivity contribution in [3.8, 4) is 34.1 Å². The minimum Gasteiger partial charge on any atom is -0.509 e. The van der Waals surface area contributed by atoms with Gasteiger partial charge in [0.15, 0.2) is 0 Å². The van der Waals surface area contributed by atoms with Crippen LogP contribution in [0.15, 0.2) is 85.1 Å². The number of aromatic nitrogens is 4. The van der Waals surface area contributed by atoms with E-state index in [1.807, 2.05) is 24.4 Å². The Morgan fingerprint density at radius 1 is 0.642 bits per heavy atom. The molecule has 5 nitrogen and oxygen atoms in total. The van der Waals surface area contributed by atoms with Gasteiger partial charge in [0.2, 0.25) is 0 Å². The van der Waals surface area contributed by atoms with Gasteiger partial charge in [-0.15, -0.1) is 35.7 Å². The molecule has 7 rings (SSSR count). The maximum Gasteiger partial charge on any atom is 2.00 e. The molecule has 4 aromatic carbocycles. The normalized spacial score (nSPS) is 12.4. The van der Waals surface area contributed by atoms with E-state index in [1.54, 1.807) is 0 Å². The van der Waals surface area contributed by atoms with Crippen molar-refractivity contribution in [3.05, 3.63) is 131 Å². The van der Waals surface area contributed by atoms with Gasteiger partial charge in [-0.05, 0) is 77.7 Å². The van der Waals surface area contributed by atoms with Crippen molar-refractivity contribution in [1.82, 2.24) is 19.3 Å². The van der Waals surface area contributed by atoms with Crippen LogP contribution in [0.25, 0.3) is 44.4 Å². The summed E-state index contributed by atoms with van der Waals surface area (Å²) >= 11 is 0. The van der Waals surface area contributed by atoms with Gasteiger partial charge in [-0.3, -0.25) is 4.68 Å². The summed E-state index contributed by atoms with van der Waals surface area (Å²) in [5.74, 6) is 2.06. The van der Waals surface area contributed by atoms with Crippen molar-refractivity contribution in [3.63, 3.8) is 0 Å². The van der Waals surface area contributed by atoms with Crippen LogP contribution in [0.4, 0.5) is 0 Å². The van der Waals surface area contributed by atoms with Crippen LogP contribution < -0.4 is 4.74 Å².